The van der Waals surface area contributed by atoms with Crippen LogP contribution in [-0.4, -0.2) is 20.2 Å². The number of ether oxygens (including phenoxy) is 1. The summed E-state index contributed by atoms with van der Waals surface area (Å²) in [7, 11) is 1.61. The van der Waals surface area contributed by atoms with Crippen molar-refractivity contribution in [1.82, 2.24) is 0 Å². The quantitative estimate of drug-likeness (QED) is 0.711. The topological polar surface area (TPSA) is 40.6 Å². The van der Waals surface area contributed by atoms with E-state index in [1.165, 1.54) is 0 Å². The average Bonchev–Trinajstić information content (AvgIpc) is 2.31. The number of rotatable bonds is 4. The zero-order valence-electron chi connectivity index (χ0n) is 9.40. The van der Waals surface area contributed by atoms with Gasteiger partial charge in [-0.05, 0) is 19.9 Å². The predicted molar refractivity (Wildman–Crippen MR) is 61.3 cm³/mol. The molecule has 0 fully saturated rings. The first-order chi connectivity index (χ1) is 7.26. The molecule has 0 unspecified atom stereocenters. The summed E-state index contributed by atoms with van der Waals surface area (Å²) in [6, 6.07) is 5.38. The molecular weight excluding hydrogens is 190 g/mol. The van der Waals surface area contributed by atoms with Gasteiger partial charge in [-0.1, -0.05) is 0 Å². The molecule has 1 aromatic carbocycles. The molecule has 0 aliphatic heterocycles. The molecule has 0 heterocycles. The van der Waals surface area contributed by atoms with E-state index in [9.17, 15) is 0 Å². The molecule has 0 radical (unpaired) electrons. The van der Waals surface area contributed by atoms with Crippen LogP contribution in [0.1, 0.15) is 13.8 Å². The van der Waals surface area contributed by atoms with Crippen molar-refractivity contribution in [1.29, 1.82) is 5.39 Å². The van der Waals surface area contributed by atoms with E-state index in [1.807, 2.05) is 6.07 Å². The number of nitrogens with zero attached hydrogens (tertiary/aromatic N) is 3. The molecule has 0 saturated heterocycles. The number of benzene rings is 1. The van der Waals surface area contributed by atoms with Gasteiger partial charge in [-0.25, -0.2) is 0 Å². The Morgan fingerprint density at radius 1 is 1.33 bits per heavy atom. The Balaban J connectivity index is 3.13. The smallest absolute Gasteiger partial charge is 0.388 e. The molecule has 1 rings (SSSR count). The van der Waals surface area contributed by atoms with Gasteiger partial charge in [-0.2, -0.15) is 0 Å². The molecule has 0 spiro atoms. The molecule has 15 heavy (non-hydrogen) atoms. The standard InChI is InChI=1S/C11H16N3O/c1-4-14(5-2)10-7-6-9(13-12)8-11(10)15-3/h6-8H,4-5H2,1-3H3/q+1. The highest BCUT2D eigenvalue weighted by Gasteiger charge is 2.14. The number of hydrogen-bond donors (Lipinski definition) is 0. The van der Waals surface area contributed by atoms with Gasteiger partial charge < -0.3 is 9.64 Å². The highest BCUT2D eigenvalue weighted by molar-refractivity contribution is 5.65. The van der Waals surface area contributed by atoms with Crippen molar-refractivity contribution in [2.75, 3.05) is 25.1 Å². The van der Waals surface area contributed by atoms with Crippen molar-refractivity contribution in [3.8, 4) is 5.75 Å². The van der Waals surface area contributed by atoms with Gasteiger partial charge in [0.1, 0.15) is 5.75 Å². The van der Waals surface area contributed by atoms with E-state index in [2.05, 4.69) is 23.7 Å². The van der Waals surface area contributed by atoms with E-state index in [0.717, 1.165) is 24.5 Å². The highest BCUT2D eigenvalue weighted by atomic mass is 16.5. The van der Waals surface area contributed by atoms with E-state index in [4.69, 9.17) is 10.1 Å². The number of hydrogen-bond acceptors (Lipinski definition) is 3. The normalized spacial score (nSPS) is 9.47. The summed E-state index contributed by atoms with van der Waals surface area (Å²) >= 11 is 0. The van der Waals surface area contributed by atoms with Crippen molar-refractivity contribution in [3.05, 3.63) is 23.2 Å². The van der Waals surface area contributed by atoms with E-state index in [-0.39, 0.29) is 0 Å². The second kappa shape index (κ2) is 5.20. The van der Waals surface area contributed by atoms with Gasteiger partial charge in [0, 0.05) is 19.2 Å². The monoisotopic (exact) mass is 206 g/mol. The minimum absolute atomic E-state index is 0.503. The van der Waals surface area contributed by atoms with Gasteiger partial charge in [0.2, 0.25) is 5.39 Å². The Morgan fingerprint density at radius 3 is 2.47 bits per heavy atom. The Labute approximate surface area is 90.1 Å². The van der Waals surface area contributed by atoms with Gasteiger partial charge >= 0.3 is 5.69 Å². The van der Waals surface area contributed by atoms with E-state index < -0.39 is 0 Å². The number of methoxy groups -OCH3 is 1. The summed E-state index contributed by atoms with van der Waals surface area (Å²) in [6.07, 6.45) is 0. The van der Waals surface area contributed by atoms with Crippen molar-refractivity contribution in [2.24, 2.45) is 0 Å². The molecule has 4 nitrogen and oxygen atoms in total. The van der Waals surface area contributed by atoms with Crippen molar-refractivity contribution >= 4 is 11.4 Å². The van der Waals surface area contributed by atoms with Crippen molar-refractivity contribution in [3.63, 3.8) is 0 Å². The third kappa shape index (κ3) is 2.38. The molecule has 0 atom stereocenters. The molecular formula is C11H16N3O+. The van der Waals surface area contributed by atoms with Crippen LogP contribution in [0.5, 0.6) is 5.75 Å². The summed E-state index contributed by atoms with van der Waals surface area (Å²) in [5, 5.41) is 8.66. The van der Waals surface area contributed by atoms with Crippen LogP contribution >= 0.6 is 0 Å². The molecule has 0 N–H and O–H groups in total. The summed E-state index contributed by atoms with van der Waals surface area (Å²) < 4.78 is 5.26. The van der Waals surface area contributed by atoms with Crippen molar-refractivity contribution in [2.45, 2.75) is 13.8 Å². The van der Waals surface area contributed by atoms with Gasteiger partial charge in [0.15, 0.2) is 4.98 Å². The Kier molecular flexibility index (Phi) is 3.92. The Morgan fingerprint density at radius 2 is 2.00 bits per heavy atom. The largest absolute Gasteiger partial charge is 0.494 e. The first-order valence-electron chi connectivity index (χ1n) is 5.04. The maximum absolute atomic E-state index is 8.66. The second-order valence-corrected chi connectivity index (χ2v) is 3.13. The SMILES string of the molecule is CCN(CC)c1ccc([N+]#N)cc1OC. The third-order valence-corrected chi connectivity index (χ3v) is 2.38. The lowest BCUT2D eigenvalue weighted by Gasteiger charge is -2.22. The summed E-state index contributed by atoms with van der Waals surface area (Å²) in [4.78, 5) is 5.31. The molecule has 4 heteroatoms. The van der Waals surface area contributed by atoms with Gasteiger partial charge in [0.05, 0.1) is 18.9 Å². The Bertz CT molecular complexity index is 367. The highest BCUT2D eigenvalue weighted by Crippen LogP contribution is 2.32. The maximum Gasteiger partial charge on any atom is 0.388 e. The lowest BCUT2D eigenvalue weighted by molar-refractivity contribution is 0.415. The van der Waals surface area contributed by atoms with Crippen LogP contribution in [0.25, 0.3) is 4.98 Å². The zero-order chi connectivity index (χ0) is 11.3. The van der Waals surface area contributed by atoms with E-state index in [1.54, 1.807) is 19.2 Å². The van der Waals surface area contributed by atoms with Crippen LogP contribution in [0, 0.1) is 5.39 Å². The molecule has 0 saturated carbocycles. The fourth-order valence-electron chi connectivity index (χ4n) is 1.55. The molecule has 1 aromatic rings. The first kappa shape index (κ1) is 11.3. The van der Waals surface area contributed by atoms with Gasteiger partial charge in [-0.3, -0.25) is 0 Å². The molecule has 0 aliphatic rings. The summed E-state index contributed by atoms with van der Waals surface area (Å²) in [5.41, 5.74) is 1.53. The molecule has 0 aromatic heterocycles. The van der Waals surface area contributed by atoms with Crippen LogP contribution < -0.4 is 9.64 Å². The third-order valence-electron chi connectivity index (χ3n) is 2.38. The fourth-order valence-corrected chi connectivity index (χ4v) is 1.55. The molecule has 0 aliphatic carbocycles. The van der Waals surface area contributed by atoms with Crippen LogP contribution in [0.3, 0.4) is 0 Å². The van der Waals surface area contributed by atoms with Gasteiger partial charge in [-0.15, -0.1) is 0 Å². The predicted octanol–water partition coefficient (Wildman–Crippen LogP) is 3.03. The number of diazo groups is 1. The van der Waals surface area contributed by atoms with E-state index in [0.29, 0.717) is 5.69 Å². The van der Waals surface area contributed by atoms with Crippen LogP contribution in [0.2, 0.25) is 0 Å². The summed E-state index contributed by atoms with van der Waals surface area (Å²) in [6.45, 7) is 6.02. The minimum Gasteiger partial charge on any atom is -0.494 e. The lowest BCUT2D eigenvalue weighted by Crippen LogP contribution is -2.22. The fraction of sp³-hybridized carbons (Fsp3) is 0.455. The van der Waals surface area contributed by atoms with Crippen LogP contribution in [0.15, 0.2) is 18.2 Å². The van der Waals surface area contributed by atoms with E-state index >= 15 is 0 Å². The second-order valence-electron chi connectivity index (χ2n) is 3.13. The zero-order valence-corrected chi connectivity index (χ0v) is 9.40. The maximum atomic E-state index is 8.66. The Hall–Kier alpha value is -1.76. The van der Waals surface area contributed by atoms with Gasteiger partial charge in [0.25, 0.3) is 0 Å². The first-order valence-corrected chi connectivity index (χ1v) is 5.04. The minimum atomic E-state index is 0.503. The molecule has 0 bridgehead atoms. The molecule has 0 amide bonds. The summed E-state index contributed by atoms with van der Waals surface area (Å²) in [5.74, 6) is 0.731. The lowest BCUT2D eigenvalue weighted by atomic mass is 10.2. The average molecular weight is 206 g/mol. The van der Waals surface area contributed by atoms with Crippen molar-refractivity contribution < 1.29 is 4.74 Å². The molecule has 80 valence electrons. The number of anilines is 1. The van der Waals surface area contributed by atoms with Crippen LogP contribution in [-0.2, 0) is 0 Å². The van der Waals surface area contributed by atoms with Crippen LogP contribution in [0.4, 0.5) is 11.4 Å².